The molecular weight excluding hydrogens is 238 g/mol. The predicted octanol–water partition coefficient (Wildman–Crippen LogP) is 3.50. The van der Waals surface area contributed by atoms with Crippen LogP contribution in [0.1, 0.15) is 44.2 Å². The van der Waals surface area contributed by atoms with Gasteiger partial charge >= 0.3 is 0 Å². The largest absolute Gasteiger partial charge is 0.479 e. The Kier molecular flexibility index (Phi) is 8.26. The monoisotopic (exact) mass is 255 g/mol. The van der Waals surface area contributed by atoms with E-state index in [2.05, 4.69) is 12.1 Å². The van der Waals surface area contributed by atoms with E-state index in [4.69, 9.17) is 20.5 Å². The summed E-state index contributed by atoms with van der Waals surface area (Å²) in [5, 5.41) is 26.1. The molecule has 19 heavy (non-hydrogen) atoms. The van der Waals surface area contributed by atoms with Crippen molar-refractivity contribution in [1.29, 1.82) is 15.8 Å². The highest BCUT2D eigenvalue weighted by Gasteiger charge is 2.11. The number of nitrogens with zero attached hydrogens (tertiary/aromatic N) is 3. The van der Waals surface area contributed by atoms with Gasteiger partial charge in [0.1, 0.15) is 11.8 Å². The van der Waals surface area contributed by atoms with Crippen molar-refractivity contribution in [3.8, 4) is 24.0 Å². The van der Waals surface area contributed by atoms with Crippen LogP contribution in [0.4, 0.5) is 0 Å². The van der Waals surface area contributed by atoms with Crippen LogP contribution in [0, 0.1) is 34.0 Å². The average Bonchev–Trinajstić information content (AvgIpc) is 2.47. The Morgan fingerprint density at radius 3 is 2.37 bits per heavy atom. The maximum absolute atomic E-state index is 8.98. The summed E-state index contributed by atoms with van der Waals surface area (Å²) >= 11 is 0. The third kappa shape index (κ3) is 5.11. The lowest BCUT2D eigenvalue weighted by atomic mass is 9.94. The van der Waals surface area contributed by atoms with E-state index in [-0.39, 0.29) is 12.5 Å². The first-order valence-electron chi connectivity index (χ1n) is 6.13. The molecule has 0 fully saturated rings. The summed E-state index contributed by atoms with van der Waals surface area (Å²) in [5.74, 6) is 0.519. The minimum atomic E-state index is -0.0298. The molecule has 0 N–H and O–H groups in total. The van der Waals surface area contributed by atoms with Crippen LogP contribution >= 0.6 is 0 Å². The zero-order chi connectivity index (χ0) is 14.7. The third-order valence-corrected chi connectivity index (χ3v) is 2.38. The van der Waals surface area contributed by atoms with Gasteiger partial charge in [0.25, 0.3) is 0 Å². The molecule has 1 rings (SSSR count). The maximum atomic E-state index is 8.98. The number of rotatable bonds is 4. The fourth-order valence-corrected chi connectivity index (χ4v) is 1.50. The first-order chi connectivity index (χ1) is 9.22. The Balaban J connectivity index is 0.00000154. The molecule has 0 saturated carbocycles. The van der Waals surface area contributed by atoms with Gasteiger partial charge in [-0.25, -0.2) is 0 Å². The minimum absolute atomic E-state index is 0.0275. The van der Waals surface area contributed by atoms with Crippen molar-refractivity contribution in [2.45, 2.75) is 33.1 Å². The molecule has 4 heteroatoms. The summed E-state index contributed by atoms with van der Waals surface area (Å²) in [5.41, 5.74) is 1.32. The lowest BCUT2D eigenvalue weighted by Gasteiger charge is -2.11. The van der Waals surface area contributed by atoms with Crippen LogP contribution in [0.3, 0.4) is 0 Å². The number of ether oxygens (including phenoxy) is 1. The standard InChI is InChI=1S/C13H11N3O.C2H6/c1-10(4-5-14)13-8-12(17-7-6-15)3-2-11(13)9-16;1-2/h2-3,8,10H,4,7H2,1H3;1-2H3. The zero-order valence-corrected chi connectivity index (χ0v) is 11.5. The van der Waals surface area contributed by atoms with E-state index in [0.717, 1.165) is 5.56 Å². The molecule has 0 bridgehead atoms. The van der Waals surface area contributed by atoms with Gasteiger partial charge in [-0.2, -0.15) is 15.8 Å². The summed E-state index contributed by atoms with van der Waals surface area (Å²) in [7, 11) is 0. The molecule has 0 spiro atoms. The van der Waals surface area contributed by atoms with Gasteiger partial charge in [0.05, 0.1) is 17.7 Å². The van der Waals surface area contributed by atoms with Crippen molar-refractivity contribution < 1.29 is 4.74 Å². The van der Waals surface area contributed by atoms with Crippen LogP contribution in [0.5, 0.6) is 5.75 Å². The second-order valence-corrected chi connectivity index (χ2v) is 3.57. The van der Waals surface area contributed by atoms with Crippen molar-refractivity contribution in [3.63, 3.8) is 0 Å². The van der Waals surface area contributed by atoms with Gasteiger partial charge in [-0.15, -0.1) is 0 Å². The molecule has 1 aromatic rings. The predicted molar refractivity (Wildman–Crippen MR) is 72.3 cm³/mol. The van der Waals surface area contributed by atoms with Gasteiger partial charge in [-0.3, -0.25) is 0 Å². The lowest BCUT2D eigenvalue weighted by molar-refractivity contribution is 0.367. The highest BCUT2D eigenvalue weighted by molar-refractivity contribution is 5.44. The van der Waals surface area contributed by atoms with E-state index < -0.39 is 0 Å². The molecule has 0 aromatic heterocycles. The maximum Gasteiger partial charge on any atom is 0.174 e. The molecule has 0 heterocycles. The van der Waals surface area contributed by atoms with E-state index in [0.29, 0.717) is 17.7 Å². The topological polar surface area (TPSA) is 80.6 Å². The Labute approximate surface area is 114 Å². The van der Waals surface area contributed by atoms with Crippen molar-refractivity contribution in [1.82, 2.24) is 0 Å². The molecular formula is C15H17N3O. The Hall–Kier alpha value is -2.51. The first kappa shape index (κ1) is 16.5. The summed E-state index contributed by atoms with van der Waals surface area (Å²) < 4.78 is 5.17. The van der Waals surface area contributed by atoms with Crippen molar-refractivity contribution in [2.24, 2.45) is 0 Å². The van der Waals surface area contributed by atoms with Crippen molar-refractivity contribution in [2.75, 3.05) is 6.61 Å². The van der Waals surface area contributed by atoms with Crippen molar-refractivity contribution >= 4 is 0 Å². The summed E-state index contributed by atoms with van der Waals surface area (Å²) in [4.78, 5) is 0. The SMILES string of the molecule is CC.CC(CC#N)c1cc(OCC#N)ccc1C#N. The van der Waals surface area contributed by atoms with Gasteiger partial charge in [-0.05, 0) is 29.7 Å². The van der Waals surface area contributed by atoms with Crippen molar-refractivity contribution in [3.05, 3.63) is 29.3 Å². The van der Waals surface area contributed by atoms with E-state index in [9.17, 15) is 0 Å². The Morgan fingerprint density at radius 1 is 1.16 bits per heavy atom. The summed E-state index contributed by atoms with van der Waals surface area (Å²) in [6.45, 7) is 5.85. The number of hydrogen-bond donors (Lipinski definition) is 0. The normalized spacial score (nSPS) is 9.89. The zero-order valence-electron chi connectivity index (χ0n) is 11.5. The van der Waals surface area contributed by atoms with E-state index in [1.165, 1.54) is 0 Å². The molecule has 0 radical (unpaired) electrons. The quantitative estimate of drug-likeness (QED) is 0.824. The first-order valence-corrected chi connectivity index (χ1v) is 6.13. The molecule has 0 aliphatic carbocycles. The Morgan fingerprint density at radius 2 is 1.84 bits per heavy atom. The summed E-state index contributed by atoms with van der Waals surface area (Å²) in [6, 6.07) is 11.1. The molecule has 98 valence electrons. The number of benzene rings is 1. The van der Waals surface area contributed by atoms with Gasteiger partial charge in [0.2, 0.25) is 0 Å². The second kappa shape index (κ2) is 9.51. The average molecular weight is 255 g/mol. The fraction of sp³-hybridized carbons (Fsp3) is 0.400. The third-order valence-electron chi connectivity index (χ3n) is 2.38. The molecule has 1 unspecified atom stereocenters. The van der Waals surface area contributed by atoms with Crippen LogP contribution < -0.4 is 4.74 Å². The molecule has 0 aliphatic rings. The highest BCUT2D eigenvalue weighted by atomic mass is 16.5. The molecule has 4 nitrogen and oxygen atoms in total. The minimum Gasteiger partial charge on any atom is -0.479 e. The van der Waals surface area contributed by atoms with E-state index >= 15 is 0 Å². The molecule has 1 atom stereocenters. The van der Waals surface area contributed by atoms with E-state index in [1.807, 2.05) is 26.8 Å². The van der Waals surface area contributed by atoms with Crippen LogP contribution in [-0.2, 0) is 0 Å². The summed E-state index contributed by atoms with van der Waals surface area (Å²) in [6.07, 6.45) is 0.344. The molecule has 0 saturated heterocycles. The number of nitriles is 3. The van der Waals surface area contributed by atoms with Crippen LogP contribution in [0.25, 0.3) is 0 Å². The van der Waals surface area contributed by atoms with Crippen LogP contribution in [-0.4, -0.2) is 6.61 Å². The molecule has 1 aromatic carbocycles. The second-order valence-electron chi connectivity index (χ2n) is 3.57. The lowest BCUT2D eigenvalue weighted by Crippen LogP contribution is -1.99. The van der Waals surface area contributed by atoms with Gasteiger partial charge in [0.15, 0.2) is 6.61 Å². The Bertz CT molecular complexity index is 518. The fourth-order valence-electron chi connectivity index (χ4n) is 1.50. The van der Waals surface area contributed by atoms with Crippen LogP contribution in [0.15, 0.2) is 18.2 Å². The van der Waals surface area contributed by atoms with Crippen LogP contribution in [0.2, 0.25) is 0 Å². The van der Waals surface area contributed by atoms with Gasteiger partial charge in [-0.1, -0.05) is 20.8 Å². The number of hydrogen-bond acceptors (Lipinski definition) is 4. The van der Waals surface area contributed by atoms with Gasteiger partial charge < -0.3 is 4.74 Å². The smallest absolute Gasteiger partial charge is 0.174 e. The van der Waals surface area contributed by atoms with E-state index in [1.54, 1.807) is 18.2 Å². The highest BCUT2D eigenvalue weighted by Crippen LogP contribution is 2.26. The van der Waals surface area contributed by atoms with Gasteiger partial charge in [0, 0.05) is 6.42 Å². The molecule has 0 aliphatic heterocycles. The molecule has 0 amide bonds.